The number of carbonyl (C=O) groups excluding carboxylic acids is 2. The van der Waals surface area contributed by atoms with Crippen LogP contribution in [0.1, 0.15) is 38.3 Å². The van der Waals surface area contributed by atoms with Gasteiger partial charge in [-0.2, -0.15) is 0 Å². The van der Waals surface area contributed by atoms with E-state index >= 15 is 0 Å². The van der Waals surface area contributed by atoms with Crippen LogP contribution >= 0.6 is 0 Å². The summed E-state index contributed by atoms with van der Waals surface area (Å²) in [4.78, 5) is 25.2. The number of fused-ring (bicyclic) bond motifs is 2. The molecule has 106 valence electrons. The highest BCUT2D eigenvalue weighted by Gasteiger charge is 2.31. The molecule has 0 saturated heterocycles. The number of anilines is 1. The van der Waals surface area contributed by atoms with Gasteiger partial charge in [0.2, 0.25) is 0 Å². The summed E-state index contributed by atoms with van der Waals surface area (Å²) >= 11 is 0. The van der Waals surface area contributed by atoms with E-state index in [1.165, 1.54) is 0 Å². The molecule has 2 aromatic carbocycles. The summed E-state index contributed by atoms with van der Waals surface area (Å²) in [6.07, 6.45) is 0.586. The third-order valence-electron chi connectivity index (χ3n) is 3.60. The lowest BCUT2D eigenvalue weighted by Crippen LogP contribution is -2.22. The zero-order valence-electron chi connectivity index (χ0n) is 11.4. The van der Waals surface area contributed by atoms with E-state index in [-0.39, 0.29) is 18.2 Å². The fourth-order valence-electron chi connectivity index (χ4n) is 2.59. The van der Waals surface area contributed by atoms with Gasteiger partial charge in [-0.3, -0.25) is 9.59 Å². The number of hydrogen-bond donors (Lipinski definition) is 2. The molecule has 1 aliphatic carbocycles. The highest BCUT2D eigenvalue weighted by atomic mass is 16.3. The van der Waals surface area contributed by atoms with E-state index < -0.39 is 0 Å². The first-order chi connectivity index (χ1) is 10.2. The Morgan fingerprint density at radius 3 is 2.24 bits per heavy atom. The zero-order chi connectivity index (χ0) is 14.8. The van der Waals surface area contributed by atoms with E-state index in [9.17, 15) is 9.59 Å². The van der Waals surface area contributed by atoms with E-state index in [0.29, 0.717) is 40.9 Å². The Labute approximate surface area is 122 Å². The van der Waals surface area contributed by atoms with Crippen molar-refractivity contribution in [3.8, 4) is 0 Å². The molecule has 2 N–H and O–H groups in total. The Bertz CT molecular complexity index is 722. The molecular weight excluding hydrogens is 266 g/mol. The fourth-order valence-corrected chi connectivity index (χ4v) is 2.59. The smallest absolute Gasteiger partial charge is 0.196 e. The second-order valence-electron chi connectivity index (χ2n) is 4.94. The molecule has 0 spiro atoms. The molecule has 0 bridgehead atoms. The van der Waals surface area contributed by atoms with Crippen LogP contribution in [0, 0.1) is 0 Å². The fraction of sp³-hybridized carbons (Fsp3) is 0.176. The maximum atomic E-state index is 12.7. The van der Waals surface area contributed by atoms with Gasteiger partial charge in [-0.15, -0.1) is 0 Å². The van der Waals surface area contributed by atoms with Gasteiger partial charge < -0.3 is 10.4 Å². The highest BCUT2D eigenvalue weighted by molar-refractivity contribution is 6.30. The van der Waals surface area contributed by atoms with Gasteiger partial charge in [0.1, 0.15) is 0 Å². The number of rotatable bonds is 4. The standard InChI is InChI=1S/C17H15NO3/c19-10-4-9-18-14-8-3-7-13-15(14)17(21)12-6-2-1-5-11(12)16(13)20/h1-3,5-8,18-19H,4,9-10H2. The topological polar surface area (TPSA) is 66.4 Å². The molecule has 21 heavy (non-hydrogen) atoms. The number of nitrogens with one attached hydrogen (secondary N) is 1. The normalized spacial score (nSPS) is 12.8. The van der Waals surface area contributed by atoms with Gasteiger partial charge in [-0.1, -0.05) is 36.4 Å². The molecule has 0 fully saturated rings. The second-order valence-corrected chi connectivity index (χ2v) is 4.94. The Balaban J connectivity index is 2.08. The SMILES string of the molecule is O=C1c2ccccc2C(=O)c2c(NCCCO)cccc21. The first-order valence-electron chi connectivity index (χ1n) is 6.90. The number of aliphatic hydroxyl groups excluding tert-OH is 1. The number of benzene rings is 2. The molecule has 0 radical (unpaired) electrons. The van der Waals surface area contributed by atoms with E-state index in [1.54, 1.807) is 42.5 Å². The van der Waals surface area contributed by atoms with Crippen molar-refractivity contribution >= 4 is 17.3 Å². The number of aliphatic hydroxyl groups is 1. The average molecular weight is 281 g/mol. The Morgan fingerprint density at radius 2 is 1.52 bits per heavy atom. The van der Waals surface area contributed by atoms with Crippen molar-refractivity contribution in [2.45, 2.75) is 6.42 Å². The summed E-state index contributed by atoms with van der Waals surface area (Å²) in [5.41, 5.74) is 2.43. The van der Waals surface area contributed by atoms with Crippen LogP contribution in [0.4, 0.5) is 5.69 Å². The molecule has 0 aromatic heterocycles. The second kappa shape index (κ2) is 5.50. The Hall–Kier alpha value is -2.46. The highest BCUT2D eigenvalue weighted by Crippen LogP contribution is 2.31. The lowest BCUT2D eigenvalue weighted by molar-refractivity contribution is 0.0979. The van der Waals surface area contributed by atoms with Gasteiger partial charge in [0.15, 0.2) is 11.6 Å². The summed E-state index contributed by atoms with van der Waals surface area (Å²) in [5, 5.41) is 12.0. The van der Waals surface area contributed by atoms with Crippen molar-refractivity contribution in [2.75, 3.05) is 18.5 Å². The molecule has 3 rings (SSSR count). The zero-order valence-corrected chi connectivity index (χ0v) is 11.4. The van der Waals surface area contributed by atoms with Crippen molar-refractivity contribution < 1.29 is 14.7 Å². The summed E-state index contributed by atoms with van der Waals surface area (Å²) in [6.45, 7) is 0.633. The summed E-state index contributed by atoms with van der Waals surface area (Å²) in [7, 11) is 0. The van der Waals surface area contributed by atoms with Crippen molar-refractivity contribution in [2.24, 2.45) is 0 Å². The molecule has 0 atom stereocenters. The van der Waals surface area contributed by atoms with Gasteiger partial charge >= 0.3 is 0 Å². The molecular formula is C17H15NO3. The molecule has 1 aliphatic rings. The predicted molar refractivity (Wildman–Crippen MR) is 79.9 cm³/mol. The molecule has 0 amide bonds. The first kappa shape index (κ1) is 13.5. The monoisotopic (exact) mass is 281 g/mol. The van der Waals surface area contributed by atoms with E-state index in [4.69, 9.17) is 5.11 Å². The molecule has 0 saturated carbocycles. The lowest BCUT2D eigenvalue weighted by atomic mass is 9.83. The van der Waals surface area contributed by atoms with Crippen LogP contribution in [0.25, 0.3) is 0 Å². The van der Waals surface area contributed by atoms with Gasteiger partial charge in [0.05, 0.1) is 5.56 Å². The molecule has 0 heterocycles. The van der Waals surface area contributed by atoms with Crippen molar-refractivity contribution in [3.05, 3.63) is 64.7 Å². The lowest BCUT2D eigenvalue weighted by Gasteiger charge is -2.20. The quantitative estimate of drug-likeness (QED) is 0.720. The summed E-state index contributed by atoms with van der Waals surface area (Å²) < 4.78 is 0. The largest absolute Gasteiger partial charge is 0.396 e. The van der Waals surface area contributed by atoms with Gasteiger partial charge in [-0.25, -0.2) is 0 Å². The van der Waals surface area contributed by atoms with Crippen LogP contribution in [0.2, 0.25) is 0 Å². The molecule has 0 aliphatic heterocycles. The van der Waals surface area contributed by atoms with Crippen LogP contribution in [0.3, 0.4) is 0 Å². The number of ketones is 2. The van der Waals surface area contributed by atoms with Crippen LogP contribution in [0.5, 0.6) is 0 Å². The minimum atomic E-state index is -0.132. The van der Waals surface area contributed by atoms with E-state index in [2.05, 4.69) is 5.32 Å². The first-order valence-corrected chi connectivity index (χ1v) is 6.90. The van der Waals surface area contributed by atoms with Crippen molar-refractivity contribution in [1.82, 2.24) is 0 Å². The van der Waals surface area contributed by atoms with E-state index in [0.717, 1.165) is 0 Å². The van der Waals surface area contributed by atoms with Crippen LogP contribution in [-0.4, -0.2) is 29.8 Å². The Kier molecular flexibility index (Phi) is 3.54. The van der Waals surface area contributed by atoms with Crippen molar-refractivity contribution in [1.29, 1.82) is 0 Å². The number of carbonyl (C=O) groups is 2. The third-order valence-corrected chi connectivity index (χ3v) is 3.60. The average Bonchev–Trinajstić information content (AvgIpc) is 2.53. The van der Waals surface area contributed by atoms with Crippen LogP contribution < -0.4 is 5.32 Å². The van der Waals surface area contributed by atoms with Gasteiger partial charge in [0, 0.05) is 35.5 Å². The predicted octanol–water partition coefficient (Wildman–Crippen LogP) is 2.26. The third kappa shape index (κ3) is 2.23. The van der Waals surface area contributed by atoms with Gasteiger partial charge in [-0.05, 0) is 12.5 Å². The molecule has 4 nitrogen and oxygen atoms in total. The maximum absolute atomic E-state index is 12.7. The molecule has 0 unspecified atom stereocenters. The molecule has 4 heteroatoms. The van der Waals surface area contributed by atoms with Crippen LogP contribution in [-0.2, 0) is 0 Å². The van der Waals surface area contributed by atoms with Gasteiger partial charge in [0.25, 0.3) is 0 Å². The van der Waals surface area contributed by atoms with E-state index in [1.807, 2.05) is 0 Å². The minimum Gasteiger partial charge on any atom is -0.396 e. The molecule has 2 aromatic rings. The summed E-state index contributed by atoms with van der Waals surface area (Å²) in [5.74, 6) is -0.252. The van der Waals surface area contributed by atoms with Crippen LogP contribution in [0.15, 0.2) is 42.5 Å². The summed E-state index contributed by atoms with van der Waals surface area (Å²) in [6, 6.07) is 12.1. The maximum Gasteiger partial charge on any atom is 0.196 e. The minimum absolute atomic E-state index is 0.0811. The Morgan fingerprint density at radius 1 is 0.857 bits per heavy atom. The van der Waals surface area contributed by atoms with Crippen molar-refractivity contribution in [3.63, 3.8) is 0 Å². The number of hydrogen-bond acceptors (Lipinski definition) is 4.